The summed E-state index contributed by atoms with van der Waals surface area (Å²) >= 11 is 5.93. The Morgan fingerprint density at radius 1 is 1.17 bits per heavy atom. The molecule has 0 fully saturated rings. The maximum Gasteiger partial charge on any atom is 0.232 e. The topological polar surface area (TPSA) is 44.8 Å². The Hall–Kier alpha value is -2.46. The monoisotopic (exact) mass is 330 g/mol. The van der Waals surface area contributed by atoms with Crippen LogP contribution in [0.1, 0.15) is 22.8 Å². The highest BCUT2D eigenvalue weighted by molar-refractivity contribution is 6.31. The molecular weight excluding hydrogens is 316 g/mol. The summed E-state index contributed by atoms with van der Waals surface area (Å²) < 4.78 is 16.4. The minimum absolute atomic E-state index is 0.185. The quantitative estimate of drug-likeness (QED) is 0.781. The third kappa shape index (κ3) is 3.03. The van der Waals surface area contributed by atoms with Crippen molar-refractivity contribution in [2.75, 3.05) is 13.7 Å². The van der Waals surface area contributed by atoms with Gasteiger partial charge in [-0.3, -0.25) is 4.79 Å². The van der Waals surface area contributed by atoms with Crippen LogP contribution in [-0.2, 0) is 0 Å². The van der Waals surface area contributed by atoms with Gasteiger partial charge in [-0.15, -0.1) is 0 Å². The van der Waals surface area contributed by atoms with Crippen LogP contribution < -0.4 is 14.2 Å². The van der Waals surface area contributed by atoms with Crippen LogP contribution in [0.2, 0.25) is 5.02 Å². The summed E-state index contributed by atoms with van der Waals surface area (Å²) in [6, 6.07) is 10.4. The first-order valence-corrected chi connectivity index (χ1v) is 7.55. The first kappa shape index (κ1) is 15.4. The van der Waals surface area contributed by atoms with E-state index in [0.717, 1.165) is 5.56 Å². The molecule has 3 rings (SSSR count). The molecule has 2 aromatic rings. The van der Waals surface area contributed by atoms with Crippen LogP contribution in [0.4, 0.5) is 0 Å². The lowest BCUT2D eigenvalue weighted by molar-refractivity contribution is 0.101. The van der Waals surface area contributed by atoms with E-state index in [1.54, 1.807) is 43.5 Å². The number of carbonyl (C=O) groups is 1. The van der Waals surface area contributed by atoms with Gasteiger partial charge in [0.15, 0.2) is 17.3 Å². The number of fused-ring (bicyclic) bond motifs is 1. The Morgan fingerprint density at radius 2 is 2.00 bits per heavy atom. The smallest absolute Gasteiger partial charge is 0.232 e. The molecule has 118 valence electrons. The number of ketones is 1. The molecule has 0 amide bonds. The van der Waals surface area contributed by atoms with Crippen molar-refractivity contribution in [3.63, 3.8) is 0 Å². The molecule has 1 heterocycles. The summed E-state index contributed by atoms with van der Waals surface area (Å²) in [7, 11) is 1.57. The summed E-state index contributed by atoms with van der Waals surface area (Å²) in [5.74, 6) is 1.85. The van der Waals surface area contributed by atoms with Crippen molar-refractivity contribution in [1.29, 1.82) is 0 Å². The average molecular weight is 331 g/mol. The number of ether oxygens (including phenoxy) is 3. The van der Waals surface area contributed by atoms with E-state index in [9.17, 15) is 4.79 Å². The third-order valence-electron chi connectivity index (χ3n) is 3.42. The average Bonchev–Trinajstić information content (AvgIpc) is 2.85. The van der Waals surface area contributed by atoms with Crippen LogP contribution >= 0.6 is 11.6 Å². The number of allylic oxidation sites excluding steroid dienone is 1. The summed E-state index contributed by atoms with van der Waals surface area (Å²) in [5.41, 5.74) is 1.26. The molecular formula is C18H15ClO4. The maximum atomic E-state index is 12.4. The Morgan fingerprint density at radius 3 is 2.74 bits per heavy atom. The number of hydrogen-bond donors (Lipinski definition) is 0. The number of carbonyl (C=O) groups excluding carboxylic acids is 1. The molecule has 0 atom stereocenters. The molecule has 5 heteroatoms. The number of methoxy groups -OCH3 is 1. The van der Waals surface area contributed by atoms with E-state index in [2.05, 4.69) is 0 Å². The molecule has 0 bridgehead atoms. The van der Waals surface area contributed by atoms with E-state index in [1.807, 2.05) is 13.0 Å². The zero-order valence-electron chi connectivity index (χ0n) is 12.8. The van der Waals surface area contributed by atoms with Crippen LogP contribution in [0.15, 0.2) is 42.2 Å². The Balaban J connectivity index is 1.93. The minimum Gasteiger partial charge on any atom is -0.493 e. The van der Waals surface area contributed by atoms with Crippen molar-refractivity contribution in [2.45, 2.75) is 6.92 Å². The van der Waals surface area contributed by atoms with Gasteiger partial charge >= 0.3 is 0 Å². The number of hydrogen-bond acceptors (Lipinski definition) is 4. The van der Waals surface area contributed by atoms with Gasteiger partial charge in [0.1, 0.15) is 5.75 Å². The van der Waals surface area contributed by atoms with Crippen molar-refractivity contribution in [2.24, 2.45) is 0 Å². The van der Waals surface area contributed by atoms with E-state index in [-0.39, 0.29) is 11.5 Å². The maximum absolute atomic E-state index is 12.4. The van der Waals surface area contributed by atoms with Crippen molar-refractivity contribution in [3.8, 4) is 17.2 Å². The molecule has 1 aliphatic heterocycles. The SMILES string of the molecule is CCOc1ccc(/C=C2\Oc3ccc(Cl)cc3C2=O)cc1OC. The zero-order valence-corrected chi connectivity index (χ0v) is 13.5. The predicted molar refractivity (Wildman–Crippen MR) is 88.6 cm³/mol. The zero-order chi connectivity index (χ0) is 16.4. The van der Waals surface area contributed by atoms with Crippen LogP contribution in [0.3, 0.4) is 0 Å². The van der Waals surface area contributed by atoms with Crippen molar-refractivity contribution in [3.05, 3.63) is 58.3 Å². The summed E-state index contributed by atoms with van der Waals surface area (Å²) in [6.07, 6.45) is 1.68. The summed E-state index contributed by atoms with van der Waals surface area (Å²) in [6.45, 7) is 2.46. The lowest BCUT2D eigenvalue weighted by atomic mass is 10.1. The summed E-state index contributed by atoms with van der Waals surface area (Å²) in [4.78, 5) is 12.4. The minimum atomic E-state index is -0.185. The standard InChI is InChI=1S/C18H15ClO4/c1-3-22-15-6-4-11(8-16(15)21-2)9-17-18(20)13-10-12(19)5-7-14(13)23-17/h4-10H,3H2,1-2H3/b17-9-. The van der Waals surface area contributed by atoms with Crippen LogP contribution in [0, 0.1) is 0 Å². The molecule has 0 N–H and O–H groups in total. The molecule has 23 heavy (non-hydrogen) atoms. The highest BCUT2D eigenvalue weighted by Gasteiger charge is 2.27. The molecule has 0 saturated heterocycles. The molecule has 0 saturated carbocycles. The van der Waals surface area contributed by atoms with Gasteiger partial charge in [0.2, 0.25) is 5.78 Å². The molecule has 0 aromatic heterocycles. The normalized spacial score (nSPS) is 14.6. The molecule has 4 nitrogen and oxygen atoms in total. The van der Waals surface area contributed by atoms with Gasteiger partial charge in [0.05, 0.1) is 19.3 Å². The highest BCUT2D eigenvalue weighted by atomic mass is 35.5. The van der Waals surface area contributed by atoms with E-state index in [0.29, 0.717) is 34.4 Å². The van der Waals surface area contributed by atoms with Gasteiger partial charge in [-0.2, -0.15) is 0 Å². The predicted octanol–water partition coefficient (Wildman–Crippen LogP) is 4.36. The number of rotatable bonds is 4. The van der Waals surface area contributed by atoms with Gasteiger partial charge in [-0.25, -0.2) is 0 Å². The van der Waals surface area contributed by atoms with E-state index >= 15 is 0 Å². The van der Waals surface area contributed by atoms with E-state index < -0.39 is 0 Å². The number of benzene rings is 2. The Labute approximate surface area is 139 Å². The van der Waals surface area contributed by atoms with Gasteiger partial charge in [-0.05, 0) is 48.9 Å². The first-order chi connectivity index (χ1) is 11.1. The fourth-order valence-corrected chi connectivity index (χ4v) is 2.53. The largest absolute Gasteiger partial charge is 0.493 e. The highest BCUT2D eigenvalue weighted by Crippen LogP contribution is 2.35. The second-order valence-corrected chi connectivity index (χ2v) is 5.36. The van der Waals surface area contributed by atoms with E-state index in [1.165, 1.54) is 0 Å². The van der Waals surface area contributed by atoms with Gasteiger partial charge < -0.3 is 14.2 Å². The van der Waals surface area contributed by atoms with E-state index in [4.69, 9.17) is 25.8 Å². The van der Waals surface area contributed by atoms with Crippen LogP contribution in [-0.4, -0.2) is 19.5 Å². The van der Waals surface area contributed by atoms with Crippen LogP contribution in [0.5, 0.6) is 17.2 Å². The number of halogens is 1. The van der Waals surface area contributed by atoms with Gasteiger partial charge in [-0.1, -0.05) is 17.7 Å². The van der Waals surface area contributed by atoms with Crippen molar-refractivity contribution < 1.29 is 19.0 Å². The third-order valence-corrected chi connectivity index (χ3v) is 3.65. The fourth-order valence-electron chi connectivity index (χ4n) is 2.36. The van der Waals surface area contributed by atoms with Crippen molar-refractivity contribution in [1.82, 2.24) is 0 Å². The molecule has 2 aromatic carbocycles. The van der Waals surface area contributed by atoms with Gasteiger partial charge in [0.25, 0.3) is 0 Å². The lowest BCUT2D eigenvalue weighted by Crippen LogP contribution is -1.99. The molecule has 1 aliphatic rings. The second-order valence-electron chi connectivity index (χ2n) is 4.92. The Bertz CT molecular complexity index is 796. The molecule has 0 unspecified atom stereocenters. The first-order valence-electron chi connectivity index (χ1n) is 7.17. The molecule has 0 aliphatic carbocycles. The van der Waals surface area contributed by atoms with Crippen LogP contribution in [0.25, 0.3) is 6.08 Å². The molecule has 0 radical (unpaired) electrons. The lowest BCUT2D eigenvalue weighted by Gasteiger charge is -2.09. The van der Waals surface area contributed by atoms with Crippen molar-refractivity contribution >= 4 is 23.5 Å². The number of Topliss-reactive ketones (excluding diaryl/α,β-unsaturated/α-hetero) is 1. The second kappa shape index (κ2) is 6.34. The Kier molecular flexibility index (Phi) is 4.26. The van der Waals surface area contributed by atoms with Gasteiger partial charge in [0, 0.05) is 5.02 Å². The fraction of sp³-hybridized carbons (Fsp3) is 0.167. The molecule has 0 spiro atoms. The summed E-state index contributed by atoms with van der Waals surface area (Å²) in [5, 5.41) is 0.504.